The van der Waals surface area contributed by atoms with E-state index in [4.69, 9.17) is 10.3 Å². The van der Waals surface area contributed by atoms with Crippen LogP contribution in [0.15, 0.2) is 40.2 Å². The van der Waals surface area contributed by atoms with Gasteiger partial charge in [-0.1, -0.05) is 36.3 Å². The van der Waals surface area contributed by atoms with Gasteiger partial charge in [0.15, 0.2) is 0 Å². The fourth-order valence-corrected chi connectivity index (χ4v) is 2.55. The lowest BCUT2D eigenvalue weighted by molar-refractivity contribution is 0.433. The molecule has 0 fully saturated rings. The molecule has 0 atom stereocenters. The number of thiophene rings is 1. The van der Waals surface area contributed by atoms with E-state index in [0.717, 1.165) is 16.9 Å². The molecule has 0 bridgehead atoms. The first-order valence-electron chi connectivity index (χ1n) is 6.04. The Morgan fingerprint density at radius 3 is 2.63 bits per heavy atom. The second-order valence-electron chi connectivity index (χ2n) is 4.18. The summed E-state index contributed by atoms with van der Waals surface area (Å²) in [5.74, 6) is 1.06. The maximum atomic E-state index is 5.84. The Morgan fingerprint density at radius 1 is 1.21 bits per heavy atom. The van der Waals surface area contributed by atoms with Gasteiger partial charge in [-0.2, -0.15) is 4.98 Å². The first-order valence-corrected chi connectivity index (χ1v) is 6.92. The summed E-state index contributed by atoms with van der Waals surface area (Å²) in [5.41, 5.74) is 8.74. The topological polar surface area (TPSA) is 64.9 Å². The Hall–Kier alpha value is -2.14. The highest BCUT2D eigenvalue weighted by Crippen LogP contribution is 2.31. The Kier molecular flexibility index (Phi) is 3.05. The van der Waals surface area contributed by atoms with Crippen LogP contribution in [0.4, 0.5) is 5.69 Å². The van der Waals surface area contributed by atoms with Crippen LogP contribution in [-0.4, -0.2) is 10.1 Å². The molecular formula is C14H13N3OS. The maximum Gasteiger partial charge on any atom is 0.270 e. The summed E-state index contributed by atoms with van der Waals surface area (Å²) >= 11 is 1.50. The zero-order chi connectivity index (χ0) is 13.2. The van der Waals surface area contributed by atoms with Crippen molar-refractivity contribution in [3.8, 4) is 22.2 Å². The van der Waals surface area contributed by atoms with Crippen molar-refractivity contribution in [2.45, 2.75) is 13.3 Å². The third-order valence-corrected chi connectivity index (χ3v) is 3.85. The summed E-state index contributed by atoms with van der Waals surface area (Å²) in [6.45, 7) is 2.13. The monoisotopic (exact) mass is 271 g/mol. The van der Waals surface area contributed by atoms with Crippen molar-refractivity contribution in [1.29, 1.82) is 0 Å². The van der Waals surface area contributed by atoms with Crippen molar-refractivity contribution in [3.05, 3.63) is 41.3 Å². The van der Waals surface area contributed by atoms with Crippen LogP contribution in [0.3, 0.4) is 0 Å². The third-order valence-electron chi connectivity index (χ3n) is 2.94. The summed E-state index contributed by atoms with van der Waals surface area (Å²) in [4.78, 5) is 5.22. The molecule has 2 heterocycles. The molecule has 96 valence electrons. The van der Waals surface area contributed by atoms with Gasteiger partial charge in [0.05, 0.1) is 5.69 Å². The predicted molar refractivity (Wildman–Crippen MR) is 76.8 cm³/mol. The molecule has 4 nitrogen and oxygen atoms in total. The molecule has 1 aromatic carbocycles. The minimum absolute atomic E-state index is 0.474. The average Bonchev–Trinajstić information content (AvgIpc) is 3.07. The predicted octanol–water partition coefficient (Wildman–Crippen LogP) is 3.61. The molecule has 0 aliphatic rings. The number of nitrogens with zero attached hydrogens (tertiary/aromatic N) is 2. The highest BCUT2D eigenvalue weighted by Gasteiger charge is 2.13. The molecule has 0 amide bonds. The Balaban J connectivity index is 1.94. The second-order valence-corrected chi connectivity index (χ2v) is 5.09. The van der Waals surface area contributed by atoms with Crippen molar-refractivity contribution < 1.29 is 4.52 Å². The molecule has 0 radical (unpaired) electrons. The lowest BCUT2D eigenvalue weighted by atomic mass is 10.1. The minimum atomic E-state index is 0.474. The Bertz CT molecular complexity index is 685. The van der Waals surface area contributed by atoms with E-state index < -0.39 is 0 Å². The molecular weight excluding hydrogens is 258 g/mol. The van der Waals surface area contributed by atoms with E-state index in [0.29, 0.717) is 17.4 Å². The van der Waals surface area contributed by atoms with Crippen LogP contribution in [0.5, 0.6) is 0 Å². The number of nitrogen functional groups attached to an aromatic ring is 1. The number of hydrogen-bond donors (Lipinski definition) is 1. The highest BCUT2D eigenvalue weighted by atomic mass is 32.1. The van der Waals surface area contributed by atoms with Gasteiger partial charge in [0.1, 0.15) is 4.88 Å². The van der Waals surface area contributed by atoms with Crippen molar-refractivity contribution >= 4 is 17.0 Å². The van der Waals surface area contributed by atoms with Crippen LogP contribution in [0.2, 0.25) is 0 Å². The molecule has 2 N–H and O–H groups in total. The molecule has 3 aromatic rings. The van der Waals surface area contributed by atoms with E-state index in [-0.39, 0.29) is 0 Å². The van der Waals surface area contributed by atoms with Crippen molar-refractivity contribution in [3.63, 3.8) is 0 Å². The van der Waals surface area contributed by atoms with Gasteiger partial charge < -0.3 is 10.3 Å². The summed E-state index contributed by atoms with van der Waals surface area (Å²) in [7, 11) is 0. The summed E-state index contributed by atoms with van der Waals surface area (Å²) < 4.78 is 5.27. The van der Waals surface area contributed by atoms with Gasteiger partial charge in [-0.05, 0) is 23.4 Å². The summed E-state index contributed by atoms with van der Waals surface area (Å²) in [6.07, 6.45) is 1.02. The Morgan fingerprint density at radius 2 is 2.00 bits per heavy atom. The summed E-state index contributed by atoms with van der Waals surface area (Å²) in [6, 6.07) is 9.99. The molecule has 0 aliphatic heterocycles. The van der Waals surface area contributed by atoms with E-state index in [1.165, 1.54) is 16.9 Å². The number of hydrogen-bond acceptors (Lipinski definition) is 5. The van der Waals surface area contributed by atoms with E-state index in [1.807, 2.05) is 23.6 Å². The van der Waals surface area contributed by atoms with Crippen molar-refractivity contribution in [2.24, 2.45) is 0 Å². The number of nitrogens with two attached hydrogens (primary N) is 1. The molecule has 19 heavy (non-hydrogen) atoms. The summed E-state index contributed by atoms with van der Waals surface area (Å²) in [5, 5.41) is 5.91. The SMILES string of the molecule is CCc1ccc(-c2noc(-c3sccc3N)n2)cc1. The molecule has 5 heteroatoms. The number of aryl methyl sites for hydroxylation is 1. The van der Waals surface area contributed by atoms with Gasteiger partial charge in [-0.25, -0.2) is 0 Å². The smallest absolute Gasteiger partial charge is 0.270 e. The molecule has 2 aromatic heterocycles. The molecule has 0 unspecified atom stereocenters. The quantitative estimate of drug-likeness (QED) is 0.790. The van der Waals surface area contributed by atoms with Gasteiger partial charge in [0, 0.05) is 5.56 Å². The second kappa shape index (κ2) is 4.85. The Labute approximate surface area is 114 Å². The van der Waals surface area contributed by atoms with Crippen molar-refractivity contribution in [2.75, 3.05) is 5.73 Å². The van der Waals surface area contributed by atoms with Gasteiger partial charge in [-0.15, -0.1) is 11.3 Å². The number of anilines is 1. The fraction of sp³-hybridized carbons (Fsp3) is 0.143. The first-order chi connectivity index (χ1) is 9.28. The van der Waals surface area contributed by atoms with Crippen LogP contribution in [0.1, 0.15) is 12.5 Å². The largest absolute Gasteiger partial charge is 0.397 e. The van der Waals surface area contributed by atoms with Gasteiger partial charge in [0.25, 0.3) is 5.89 Å². The average molecular weight is 271 g/mol. The van der Waals surface area contributed by atoms with Crippen LogP contribution >= 0.6 is 11.3 Å². The zero-order valence-corrected chi connectivity index (χ0v) is 11.3. The maximum absolute atomic E-state index is 5.84. The standard InChI is InChI=1S/C14H13N3OS/c1-2-9-3-5-10(6-4-9)13-16-14(18-17-13)12-11(15)7-8-19-12/h3-8H,2,15H2,1H3. The molecule has 0 aliphatic carbocycles. The molecule has 0 saturated carbocycles. The van der Waals surface area contributed by atoms with Crippen LogP contribution in [-0.2, 0) is 6.42 Å². The van der Waals surface area contributed by atoms with Crippen LogP contribution in [0, 0.1) is 0 Å². The van der Waals surface area contributed by atoms with Crippen LogP contribution < -0.4 is 5.73 Å². The minimum Gasteiger partial charge on any atom is -0.397 e. The van der Waals surface area contributed by atoms with E-state index in [1.54, 1.807) is 0 Å². The van der Waals surface area contributed by atoms with Crippen molar-refractivity contribution in [1.82, 2.24) is 10.1 Å². The molecule has 0 saturated heterocycles. The van der Waals surface area contributed by atoms with Crippen LogP contribution in [0.25, 0.3) is 22.2 Å². The lowest BCUT2D eigenvalue weighted by Crippen LogP contribution is -1.85. The lowest BCUT2D eigenvalue weighted by Gasteiger charge is -1.97. The van der Waals surface area contributed by atoms with Gasteiger partial charge in [-0.3, -0.25) is 0 Å². The normalized spacial score (nSPS) is 10.8. The van der Waals surface area contributed by atoms with E-state index in [9.17, 15) is 0 Å². The third kappa shape index (κ3) is 2.24. The van der Waals surface area contributed by atoms with E-state index in [2.05, 4.69) is 29.2 Å². The number of benzene rings is 1. The number of aromatic nitrogens is 2. The number of rotatable bonds is 3. The highest BCUT2D eigenvalue weighted by molar-refractivity contribution is 7.14. The van der Waals surface area contributed by atoms with E-state index >= 15 is 0 Å². The first kappa shape index (κ1) is 11.9. The molecule has 3 rings (SSSR count). The zero-order valence-electron chi connectivity index (χ0n) is 10.5. The van der Waals surface area contributed by atoms with Gasteiger partial charge >= 0.3 is 0 Å². The van der Waals surface area contributed by atoms with Gasteiger partial charge in [0.2, 0.25) is 5.82 Å². The molecule has 0 spiro atoms. The fourth-order valence-electron chi connectivity index (χ4n) is 1.82.